The molecule has 0 radical (unpaired) electrons. The van der Waals surface area contributed by atoms with E-state index in [1.54, 1.807) is 22.9 Å². The van der Waals surface area contributed by atoms with Crippen molar-refractivity contribution in [2.24, 2.45) is 0 Å². The molecule has 0 saturated heterocycles. The van der Waals surface area contributed by atoms with E-state index in [1.807, 2.05) is 54.6 Å². The van der Waals surface area contributed by atoms with Gasteiger partial charge in [-0.25, -0.2) is 4.98 Å². The Morgan fingerprint density at radius 2 is 1.85 bits per heavy atom. The van der Waals surface area contributed by atoms with Crippen molar-refractivity contribution in [2.75, 3.05) is 10.7 Å². The summed E-state index contributed by atoms with van der Waals surface area (Å²) in [5.74, 6) is 1.98. The monoisotopic (exact) mass is 394 g/mol. The van der Waals surface area contributed by atoms with Crippen molar-refractivity contribution in [3.8, 4) is 0 Å². The molecule has 0 fully saturated rings. The van der Waals surface area contributed by atoms with Crippen LogP contribution >= 0.6 is 23.1 Å². The van der Waals surface area contributed by atoms with Crippen molar-refractivity contribution >= 4 is 44.4 Å². The molecule has 0 aliphatic heterocycles. The lowest BCUT2D eigenvalue weighted by atomic mass is 10.2. The van der Waals surface area contributed by atoms with Gasteiger partial charge in [0.2, 0.25) is 5.91 Å². The summed E-state index contributed by atoms with van der Waals surface area (Å²) in [6.07, 6.45) is 1.63. The average molecular weight is 395 g/mol. The van der Waals surface area contributed by atoms with Crippen molar-refractivity contribution in [1.29, 1.82) is 0 Å². The summed E-state index contributed by atoms with van der Waals surface area (Å²) in [5.41, 5.74) is 2.12. The van der Waals surface area contributed by atoms with Gasteiger partial charge in [-0.1, -0.05) is 53.8 Å². The number of thioether (sulfide) groups is 1. The maximum Gasteiger partial charge on any atom is 0.239 e. The maximum atomic E-state index is 13.0. The van der Waals surface area contributed by atoms with Crippen LogP contribution in [0.2, 0.25) is 0 Å². The molecule has 0 aliphatic carbocycles. The van der Waals surface area contributed by atoms with Gasteiger partial charge in [0.25, 0.3) is 0 Å². The molecule has 27 heavy (non-hydrogen) atoms. The van der Waals surface area contributed by atoms with E-state index in [0.717, 1.165) is 21.7 Å². The molecule has 136 valence electrons. The number of anilines is 1. The molecule has 4 rings (SSSR count). The van der Waals surface area contributed by atoms with Crippen molar-refractivity contribution < 1.29 is 9.21 Å². The summed E-state index contributed by atoms with van der Waals surface area (Å²) in [5, 5.41) is 0.706. The molecule has 4 aromatic rings. The standard InChI is InChI=1S/C21H18N2O2S2/c24-20(15-26-14-16-7-2-1-3-8-16)23(13-17-9-6-12-25-17)21-22-18-10-4-5-11-19(18)27-21/h1-12H,13-15H2. The molecule has 0 bridgehead atoms. The van der Waals surface area contributed by atoms with Gasteiger partial charge in [0, 0.05) is 5.75 Å². The highest BCUT2D eigenvalue weighted by molar-refractivity contribution is 7.99. The van der Waals surface area contributed by atoms with Crippen molar-refractivity contribution in [3.63, 3.8) is 0 Å². The van der Waals surface area contributed by atoms with Crippen LogP contribution in [-0.2, 0) is 17.1 Å². The number of furan rings is 1. The lowest BCUT2D eigenvalue weighted by Gasteiger charge is -2.18. The van der Waals surface area contributed by atoms with E-state index in [1.165, 1.54) is 16.9 Å². The molecule has 2 aromatic heterocycles. The zero-order chi connectivity index (χ0) is 18.5. The Morgan fingerprint density at radius 3 is 2.63 bits per heavy atom. The van der Waals surface area contributed by atoms with E-state index in [2.05, 4.69) is 17.1 Å². The van der Waals surface area contributed by atoms with Gasteiger partial charge in [0.15, 0.2) is 5.13 Å². The Bertz CT molecular complexity index is 980. The normalized spacial score (nSPS) is 11.0. The topological polar surface area (TPSA) is 46.3 Å². The lowest BCUT2D eigenvalue weighted by Crippen LogP contribution is -2.31. The van der Waals surface area contributed by atoms with E-state index >= 15 is 0 Å². The Labute approximate surface area is 165 Å². The summed E-state index contributed by atoms with van der Waals surface area (Å²) in [7, 11) is 0. The summed E-state index contributed by atoms with van der Waals surface area (Å²) in [4.78, 5) is 19.3. The number of thiazole rings is 1. The minimum absolute atomic E-state index is 0.0337. The van der Waals surface area contributed by atoms with Crippen molar-refractivity contribution in [2.45, 2.75) is 12.3 Å². The second kappa shape index (κ2) is 8.41. The van der Waals surface area contributed by atoms with Crippen LogP contribution in [0.1, 0.15) is 11.3 Å². The molecular weight excluding hydrogens is 376 g/mol. The zero-order valence-corrected chi connectivity index (χ0v) is 16.2. The van der Waals surface area contributed by atoms with E-state index in [9.17, 15) is 4.79 Å². The number of hydrogen-bond donors (Lipinski definition) is 0. The number of nitrogens with zero attached hydrogens (tertiary/aromatic N) is 2. The summed E-state index contributed by atoms with van der Waals surface area (Å²) < 4.78 is 6.53. The second-order valence-corrected chi connectivity index (χ2v) is 8.00. The van der Waals surface area contributed by atoms with Gasteiger partial charge in [-0.2, -0.15) is 0 Å². The van der Waals surface area contributed by atoms with Crippen molar-refractivity contribution in [3.05, 3.63) is 84.3 Å². The Kier molecular flexibility index (Phi) is 5.55. The Balaban J connectivity index is 1.51. The molecule has 0 unspecified atom stereocenters. The first-order valence-electron chi connectivity index (χ1n) is 8.59. The van der Waals surface area contributed by atoms with E-state index in [0.29, 0.717) is 17.4 Å². The van der Waals surface area contributed by atoms with Crippen LogP contribution in [0.4, 0.5) is 5.13 Å². The van der Waals surface area contributed by atoms with Gasteiger partial charge in [-0.3, -0.25) is 9.69 Å². The third-order valence-electron chi connectivity index (χ3n) is 4.05. The summed E-state index contributed by atoms with van der Waals surface area (Å²) in [6.45, 7) is 0.386. The van der Waals surface area contributed by atoms with Gasteiger partial charge in [-0.15, -0.1) is 11.8 Å². The predicted octanol–water partition coefficient (Wildman–Crippen LogP) is 5.36. The molecule has 4 nitrogen and oxygen atoms in total. The Morgan fingerprint density at radius 1 is 1.04 bits per heavy atom. The number of para-hydroxylation sites is 1. The molecule has 6 heteroatoms. The highest BCUT2D eigenvalue weighted by atomic mass is 32.2. The molecule has 0 atom stereocenters. The number of carbonyl (C=O) groups excluding carboxylic acids is 1. The first-order valence-corrected chi connectivity index (χ1v) is 10.6. The fourth-order valence-corrected chi connectivity index (χ4v) is 4.55. The number of benzene rings is 2. The van der Waals surface area contributed by atoms with Gasteiger partial charge >= 0.3 is 0 Å². The second-order valence-electron chi connectivity index (χ2n) is 6.00. The average Bonchev–Trinajstić information content (AvgIpc) is 3.36. The molecule has 2 heterocycles. The molecule has 2 aromatic carbocycles. The van der Waals surface area contributed by atoms with E-state index < -0.39 is 0 Å². The van der Waals surface area contributed by atoms with Crippen LogP contribution in [0.3, 0.4) is 0 Å². The summed E-state index contributed by atoms with van der Waals surface area (Å²) >= 11 is 3.14. The molecule has 0 N–H and O–H groups in total. The molecule has 0 aliphatic rings. The smallest absolute Gasteiger partial charge is 0.239 e. The lowest BCUT2D eigenvalue weighted by molar-refractivity contribution is -0.116. The van der Waals surface area contributed by atoms with Crippen LogP contribution in [0, 0.1) is 0 Å². The largest absolute Gasteiger partial charge is 0.467 e. The number of amides is 1. The van der Waals surface area contributed by atoms with Crippen LogP contribution in [-0.4, -0.2) is 16.6 Å². The minimum Gasteiger partial charge on any atom is -0.467 e. The van der Waals surface area contributed by atoms with Gasteiger partial charge in [0.1, 0.15) is 5.76 Å². The fraction of sp³-hybridized carbons (Fsp3) is 0.143. The van der Waals surface area contributed by atoms with E-state index in [-0.39, 0.29) is 5.91 Å². The van der Waals surface area contributed by atoms with Gasteiger partial charge in [0.05, 0.1) is 28.8 Å². The van der Waals surface area contributed by atoms with Crippen LogP contribution in [0.25, 0.3) is 10.2 Å². The number of aromatic nitrogens is 1. The summed E-state index contributed by atoms with van der Waals surface area (Å²) in [6, 6.07) is 21.8. The molecule has 1 amide bonds. The van der Waals surface area contributed by atoms with Gasteiger partial charge < -0.3 is 4.42 Å². The first-order chi connectivity index (χ1) is 13.3. The highest BCUT2D eigenvalue weighted by Gasteiger charge is 2.21. The predicted molar refractivity (Wildman–Crippen MR) is 112 cm³/mol. The molecular formula is C21H18N2O2S2. The zero-order valence-electron chi connectivity index (χ0n) is 14.6. The molecule has 0 saturated carbocycles. The maximum absolute atomic E-state index is 13.0. The number of carbonyl (C=O) groups is 1. The quantitative estimate of drug-likeness (QED) is 0.423. The first kappa shape index (κ1) is 17.8. The van der Waals surface area contributed by atoms with Crippen LogP contribution in [0.5, 0.6) is 0 Å². The van der Waals surface area contributed by atoms with E-state index in [4.69, 9.17) is 4.42 Å². The minimum atomic E-state index is 0.0337. The highest BCUT2D eigenvalue weighted by Crippen LogP contribution is 2.30. The van der Waals surface area contributed by atoms with Crippen LogP contribution in [0.15, 0.2) is 77.4 Å². The number of fused-ring (bicyclic) bond motifs is 1. The van der Waals surface area contributed by atoms with Crippen molar-refractivity contribution in [1.82, 2.24) is 4.98 Å². The number of rotatable bonds is 7. The molecule has 0 spiro atoms. The third kappa shape index (κ3) is 4.40. The van der Waals surface area contributed by atoms with Crippen LogP contribution < -0.4 is 4.90 Å². The fourth-order valence-electron chi connectivity index (χ4n) is 2.70. The third-order valence-corrected chi connectivity index (χ3v) is 6.09. The van der Waals surface area contributed by atoms with Gasteiger partial charge in [-0.05, 0) is 29.8 Å². The number of hydrogen-bond acceptors (Lipinski definition) is 5. The SMILES string of the molecule is O=C(CSCc1ccccc1)N(Cc1ccco1)c1nc2ccccc2s1. The Hall–Kier alpha value is -2.57.